The zero-order valence-corrected chi connectivity index (χ0v) is 23.8. The lowest BCUT2D eigenvalue weighted by Crippen LogP contribution is -2.56. The van der Waals surface area contributed by atoms with Crippen LogP contribution in [0.15, 0.2) is 12.2 Å². The van der Waals surface area contributed by atoms with Crippen LogP contribution in [0.5, 0.6) is 0 Å². The SMILES string of the molecule is CCCc1nnn([C@@H]2C[C@H]3C(=O)N[C@]4(C(=O)O)C[C@H]4/C=C\CCCCC[C@H](NC(=O)OC(C)(C)C)C(=O)N3C2)n1. The van der Waals surface area contributed by atoms with Crippen molar-refractivity contribution in [3.8, 4) is 0 Å². The highest BCUT2D eigenvalue weighted by Gasteiger charge is 2.61. The second-order valence-corrected chi connectivity index (χ2v) is 12.0. The van der Waals surface area contributed by atoms with Crippen LogP contribution in [0.4, 0.5) is 4.79 Å². The zero-order chi connectivity index (χ0) is 29.1. The van der Waals surface area contributed by atoms with Crippen LogP contribution >= 0.6 is 0 Å². The summed E-state index contributed by atoms with van der Waals surface area (Å²) in [7, 11) is 0. The Balaban J connectivity index is 1.63. The number of carbonyl (C=O) groups is 4. The number of carboxylic acids is 1. The minimum absolute atomic E-state index is 0.120. The lowest BCUT2D eigenvalue weighted by Gasteiger charge is -2.30. The summed E-state index contributed by atoms with van der Waals surface area (Å²) >= 11 is 0. The van der Waals surface area contributed by atoms with E-state index >= 15 is 0 Å². The summed E-state index contributed by atoms with van der Waals surface area (Å²) < 4.78 is 5.42. The second-order valence-electron chi connectivity index (χ2n) is 12.0. The molecule has 40 heavy (non-hydrogen) atoms. The van der Waals surface area contributed by atoms with Gasteiger partial charge in [-0.25, -0.2) is 9.59 Å². The van der Waals surface area contributed by atoms with E-state index in [4.69, 9.17) is 4.74 Å². The van der Waals surface area contributed by atoms with Crippen molar-refractivity contribution in [2.75, 3.05) is 6.54 Å². The number of alkyl carbamates (subject to hydrolysis) is 1. The van der Waals surface area contributed by atoms with E-state index in [1.165, 1.54) is 9.70 Å². The van der Waals surface area contributed by atoms with E-state index in [0.717, 1.165) is 25.7 Å². The maximum absolute atomic E-state index is 14.0. The average molecular weight is 560 g/mol. The zero-order valence-electron chi connectivity index (χ0n) is 23.8. The lowest BCUT2D eigenvalue weighted by atomic mass is 10.0. The van der Waals surface area contributed by atoms with Gasteiger partial charge in [0.05, 0.1) is 6.04 Å². The molecule has 3 amide bonds. The molecule has 220 valence electrons. The molecule has 0 spiro atoms. The molecule has 1 aromatic rings. The molecule has 0 radical (unpaired) electrons. The predicted octanol–water partition coefficient (Wildman–Crippen LogP) is 2.14. The summed E-state index contributed by atoms with van der Waals surface area (Å²) in [6, 6.07) is -2.31. The quantitative estimate of drug-likeness (QED) is 0.458. The highest BCUT2D eigenvalue weighted by atomic mass is 16.6. The van der Waals surface area contributed by atoms with Gasteiger partial charge >= 0.3 is 12.1 Å². The number of allylic oxidation sites excluding steroid dienone is 1. The number of hydrogen-bond donors (Lipinski definition) is 3. The minimum Gasteiger partial charge on any atom is -0.479 e. The third-order valence-electron chi connectivity index (χ3n) is 7.60. The first-order valence-corrected chi connectivity index (χ1v) is 14.2. The Kier molecular flexibility index (Phi) is 8.79. The van der Waals surface area contributed by atoms with Crippen molar-refractivity contribution in [3.63, 3.8) is 0 Å². The molecule has 0 aromatic carbocycles. The monoisotopic (exact) mass is 559 g/mol. The molecule has 3 heterocycles. The fraction of sp³-hybridized carbons (Fsp3) is 0.741. The number of tetrazole rings is 1. The largest absolute Gasteiger partial charge is 0.479 e. The molecule has 5 atom stereocenters. The van der Waals surface area contributed by atoms with Gasteiger partial charge in [0, 0.05) is 25.3 Å². The van der Waals surface area contributed by atoms with Gasteiger partial charge in [0.1, 0.15) is 23.2 Å². The molecule has 3 N–H and O–H groups in total. The Morgan fingerprint density at radius 1 is 1.25 bits per heavy atom. The van der Waals surface area contributed by atoms with Crippen LogP contribution in [0.25, 0.3) is 0 Å². The molecule has 0 bridgehead atoms. The van der Waals surface area contributed by atoms with E-state index < -0.39 is 53.1 Å². The summed E-state index contributed by atoms with van der Waals surface area (Å²) in [5.41, 5.74) is -2.14. The highest BCUT2D eigenvalue weighted by Crippen LogP contribution is 2.45. The van der Waals surface area contributed by atoms with Crippen LogP contribution in [-0.4, -0.2) is 83.9 Å². The van der Waals surface area contributed by atoms with Gasteiger partial charge in [0.2, 0.25) is 11.8 Å². The summed E-state index contributed by atoms with van der Waals surface area (Å²) in [4.78, 5) is 55.4. The number of carboxylic acid groups (broad SMARTS) is 1. The van der Waals surface area contributed by atoms with Crippen molar-refractivity contribution in [3.05, 3.63) is 18.0 Å². The van der Waals surface area contributed by atoms with Gasteiger partial charge in [-0.15, -0.1) is 10.2 Å². The van der Waals surface area contributed by atoms with Gasteiger partial charge < -0.3 is 25.4 Å². The van der Waals surface area contributed by atoms with Crippen LogP contribution in [0.2, 0.25) is 0 Å². The van der Waals surface area contributed by atoms with Crippen molar-refractivity contribution >= 4 is 23.9 Å². The number of ether oxygens (including phenoxy) is 1. The summed E-state index contributed by atoms with van der Waals surface area (Å²) in [6.07, 6.45) is 8.60. The third-order valence-corrected chi connectivity index (χ3v) is 7.60. The molecule has 1 aliphatic carbocycles. The molecule has 1 aromatic heterocycles. The van der Waals surface area contributed by atoms with Gasteiger partial charge in [0.15, 0.2) is 5.82 Å². The molecule has 13 nitrogen and oxygen atoms in total. The van der Waals surface area contributed by atoms with Crippen molar-refractivity contribution < 1.29 is 29.0 Å². The smallest absolute Gasteiger partial charge is 0.408 e. The number of aryl methyl sites for hydroxylation is 1. The van der Waals surface area contributed by atoms with E-state index in [2.05, 4.69) is 26.0 Å². The van der Waals surface area contributed by atoms with Crippen LogP contribution in [0.1, 0.15) is 90.9 Å². The summed E-state index contributed by atoms with van der Waals surface area (Å²) in [5.74, 6) is -1.81. The third kappa shape index (κ3) is 6.79. The van der Waals surface area contributed by atoms with E-state index in [9.17, 15) is 24.3 Å². The van der Waals surface area contributed by atoms with Crippen molar-refractivity contribution in [1.29, 1.82) is 0 Å². The Bertz CT molecular complexity index is 1140. The number of amides is 3. The van der Waals surface area contributed by atoms with Gasteiger partial charge in [-0.3, -0.25) is 9.59 Å². The number of hydrogen-bond acceptors (Lipinski definition) is 8. The number of nitrogens with zero attached hydrogens (tertiary/aromatic N) is 5. The maximum Gasteiger partial charge on any atom is 0.408 e. The van der Waals surface area contributed by atoms with Crippen LogP contribution < -0.4 is 10.6 Å². The molecule has 2 aliphatic heterocycles. The molecule has 2 fully saturated rings. The van der Waals surface area contributed by atoms with Crippen LogP contribution in [0.3, 0.4) is 0 Å². The Hall–Kier alpha value is -3.51. The maximum atomic E-state index is 14.0. The van der Waals surface area contributed by atoms with E-state index in [-0.39, 0.29) is 18.9 Å². The molecule has 4 rings (SSSR count). The van der Waals surface area contributed by atoms with E-state index in [0.29, 0.717) is 31.5 Å². The molecule has 1 saturated carbocycles. The van der Waals surface area contributed by atoms with Crippen LogP contribution in [0, 0.1) is 5.92 Å². The van der Waals surface area contributed by atoms with Gasteiger partial charge in [0.25, 0.3) is 0 Å². The van der Waals surface area contributed by atoms with Crippen molar-refractivity contribution in [2.45, 2.75) is 115 Å². The molecular formula is C27H41N7O6. The Morgan fingerprint density at radius 3 is 2.73 bits per heavy atom. The summed E-state index contributed by atoms with van der Waals surface area (Å²) in [5, 5.41) is 28.2. The molecular weight excluding hydrogens is 518 g/mol. The highest BCUT2D eigenvalue weighted by molar-refractivity contribution is 5.96. The number of nitrogens with one attached hydrogen (secondary N) is 2. The van der Waals surface area contributed by atoms with Crippen molar-refractivity contribution in [1.82, 2.24) is 35.7 Å². The molecule has 1 saturated heterocycles. The Morgan fingerprint density at radius 2 is 2.02 bits per heavy atom. The normalized spacial score (nSPS) is 30.2. The molecule has 13 heteroatoms. The first-order valence-electron chi connectivity index (χ1n) is 14.2. The number of rotatable bonds is 5. The number of aromatic nitrogens is 4. The van der Waals surface area contributed by atoms with Crippen molar-refractivity contribution in [2.24, 2.45) is 5.92 Å². The minimum atomic E-state index is -1.39. The first-order chi connectivity index (χ1) is 18.9. The number of aliphatic carboxylic acids is 1. The van der Waals surface area contributed by atoms with E-state index in [1.54, 1.807) is 20.8 Å². The first kappa shape index (κ1) is 29.5. The van der Waals surface area contributed by atoms with Gasteiger partial charge in [-0.1, -0.05) is 31.9 Å². The molecule has 3 aliphatic rings. The number of fused-ring (bicyclic) bond motifs is 2. The lowest BCUT2D eigenvalue weighted by molar-refractivity contribution is -0.145. The topological polar surface area (TPSA) is 169 Å². The van der Waals surface area contributed by atoms with Gasteiger partial charge in [-0.2, -0.15) is 4.80 Å². The van der Waals surface area contributed by atoms with E-state index in [1.807, 2.05) is 19.1 Å². The average Bonchev–Trinajstić information content (AvgIpc) is 3.18. The van der Waals surface area contributed by atoms with Crippen LogP contribution in [-0.2, 0) is 25.5 Å². The predicted molar refractivity (Wildman–Crippen MR) is 143 cm³/mol. The standard InChI is InChI=1S/C27H41N7O6/c1-5-11-21-30-32-34(31-21)18-14-20-22(35)29-27(24(37)38)15-17(27)12-9-7-6-8-10-13-19(23(36)33(20)16-18)28-25(39)40-26(2,3)4/h9,12,17-20H,5-8,10-11,13-16H2,1-4H3,(H,28,39)(H,29,35)(H,37,38)/b12-9-/t17-,18-,19+,20+,27-/m1/s1. The summed E-state index contributed by atoms with van der Waals surface area (Å²) in [6.45, 7) is 7.35. The fourth-order valence-corrected chi connectivity index (χ4v) is 5.43. The second kappa shape index (κ2) is 11.9. The van der Waals surface area contributed by atoms with Gasteiger partial charge in [-0.05, 0) is 58.1 Å². The fourth-order valence-electron chi connectivity index (χ4n) is 5.43. The number of carbonyl (C=O) groups excluding carboxylic acids is 3. The Labute approximate surface area is 234 Å². The molecule has 0 unspecified atom stereocenters.